The zero-order valence-corrected chi connectivity index (χ0v) is 14.9. The minimum atomic E-state index is 0. The first-order chi connectivity index (χ1) is 10.1. The van der Waals surface area contributed by atoms with Crippen LogP contribution >= 0.6 is 11.3 Å². The molecular formula is C17H18BrN3S. The number of nitrogens with two attached hydrogens (primary N) is 1. The molecule has 2 aromatic carbocycles. The fraction of sp³-hybridized carbons (Fsp3) is 0.118. The van der Waals surface area contributed by atoms with Gasteiger partial charge >= 0.3 is 0 Å². The monoisotopic (exact) mass is 375 g/mol. The van der Waals surface area contributed by atoms with E-state index in [4.69, 9.17) is 5.73 Å². The van der Waals surface area contributed by atoms with E-state index in [0.717, 1.165) is 5.69 Å². The molecule has 0 saturated carbocycles. The first kappa shape index (κ1) is 16.5. The molecule has 22 heavy (non-hydrogen) atoms. The SMILES string of the molecule is CN(/C=C/c1sc2cc(N)ccc2[n+]1C)c1ccccc1.[Br-]. The van der Waals surface area contributed by atoms with Gasteiger partial charge in [-0.2, -0.15) is 4.57 Å². The van der Waals surface area contributed by atoms with Crippen molar-refractivity contribution in [2.45, 2.75) is 0 Å². The lowest BCUT2D eigenvalue weighted by molar-refractivity contribution is -0.642. The maximum atomic E-state index is 5.85. The highest BCUT2D eigenvalue weighted by Gasteiger charge is 2.14. The second kappa shape index (κ2) is 6.94. The molecule has 0 atom stereocenters. The Labute approximate surface area is 145 Å². The number of nitrogen functional groups attached to an aromatic ring is 1. The van der Waals surface area contributed by atoms with Gasteiger partial charge in [-0.25, -0.2) is 0 Å². The number of anilines is 2. The Morgan fingerprint density at radius 3 is 2.59 bits per heavy atom. The molecule has 0 fully saturated rings. The van der Waals surface area contributed by atoms with E-state index in [0.29, 0.717) is 0 Å². The molecule has 3 rings (SSSR count). The molecule has 2 N–H and O–H groups in total. The van der Waals surface area contributed by atoms with Gasteiger partial charge in [0.25, 0.3) is 5.01 Å². The maximum absolute atomic E-state index is 5.85. The fourth-order valence-corrected chi connectivity index (χ4v) is 3.35. The summed E-state index contributed by atoms with van der Waals surface area (Å²) in [5, 5.41) is 1.19. The standard InChI is InChI=1S/C17H18N3S.BrH/c1-19(14-6-4-3-5-7-14)11-10-17-20(2)15-9-8-13(18)12-16(15)21-17;/h3-12H,18H2,1-2H3;1H/q+1;/p-1. The van der Waals surface area contributed by atoms with E-state index in [1.807, 2.05) is 30.3 Å². The van der Waals surface area contributed by atoms with Crippen molar-refractivity contribution < 1.29 is 21.5 Å². The molecule has 0 spiro atoms. The molecular weight excluding hydrogens is 358 g/mol. The lowest BCUT2D eigenvalue weighted by Gasteiger charge is -2.12. The van der Waals surface area contributed by atoms with Crippen molar-refractivity contribution in [1.82, 2.24) is 0 Å². The molecule has 0 bridgehead atoms. The first-order valence-electron chi connectivity index (χ1n) is 6.79. The number of aromatic nitrogens is 1. The summed E-state index contributed by atoms with van der Waals surface area (Å²) < 4.78 is 3.40. The number of nitrogens with zero attached hydrogens (tertiary/aromatic N) is 2. The average molecular weight is 376 g/mol. The second-order valence-corrected chi connectivity index (χ2v) is 6.05. The number of hydrogen-bond donors (Lipinski definition) is 1. The highest BCUT2D eigenvalue weighted by molar-refractivity contribution is 7.18. The lowest BCUT2D eigenvalue weighted by atomic mass is 10.3. The van der Waals surface area contributed by atoms with Gasteiger partial charge in [-0.05, 0) is 24.3 Å². The van der Waals surface area contributed by atoms with Crippen LogP contribution in [-0.4, -0.2) is 7.05 Å². The van der Waals surface area contributed by atoms with Crippen molar-refractivity contribution in [2.75, 3.05) is 17.7 Å². The van der Waals surface area contributed by atoms with Gasteiger partial charge in [-0.3, -0.25) is 0 Å². The van der Waals surface area contributed by atoms with Gasteiger partial charge in [0.05, 0.1) is 0 Å². The van der Waals surface area contributed by atoms with Crippen LogP contribution in [0.2, 0.25) is 0 Å². The number of rotatable bonds is 3. The molecule has 0 aliphatic rings. The highest BCUT2D eigenvalue weighted by atomic mass is 79.9. The van der Waals surface area contributed by atoms with E-state index < -0.39 is 0 Å². The Balaban J connectivity index is 0.00000176. The van der Waals surface area contributed by atoms with Gasteiger partial charge in [-0.1, -0.05) is 29.5 Å². The van der Waals surface area contributed by atoms with Crippen molar-refractivity contribution in [2.24, 2.45) is 7.05 Å². The van der Waals surface area contributed by atoms with Gasteiger partial charge in [0.1, 0.15) is 11.7 Å². The summed E-state index contributed by atoms with van der Waals surface area (Å²) in [6.07, 6.45) is 4.22. The van der Waals surface area contributed by atoms with Gasteiger partial charge in [0.15, 0.2) is 0 Å². The Hall–Kier alpha value is -1.85. The summed E-state index contributed by atoms with van der Waals surface area (Å²) in [6.45, 7) is 0. The molecule has 0 aliphatic heterocycles. The number of aryl methyl sites for hydroxylation is 1. The van der Waals surface area contributed by atoms with Crippen molar-refractivity contribution in [1.29, 1.82) is 0 Å². The van der Waals surface area contributed by atoms with Crippen LogP contribution in [0.3, 0.4) is 0 Å². The minimum Gasteiger partial charge on any atom is -1.00 e. The van der Waals surface area contributed by atoms with E-state index >= 15 is 0 Å². The summed E-state index contributed by atoms with van der Waals surface area (Å²) in [6, 6.07) is 16.3. The Morgan fingerprint density at radius 2 is 1.86 bits per heavy atom. The summed E-state index contributed by atoms with van der Waals surface area (Å²) in [5.41, 5.74) is 9.03. The third-order valence-corrected chi connectivity index (χ3v) is 4.66. The smallest absolute Gasteiger partial charge is 0.263 e. The number of fused-ring (bicyclic) bond motifs is 1. The topological polar surface area (TPSA) is 33.1 Å². The molecule has 0 unspecified atom stereocenters. The number of thiazole rings is 1. The van der Waals surface area contributed by atoms with Crippen LogP contribution in [0.25, 0.3) is 16.3 Å². The van der Waals surface area contributed by atoms with E-state index in [1.165, 1.54) is 20.9 Å². The van der Waals surface area contributed by atoms with Gasteiger partial charge < -0.3 is 27.6 Å². The van der Waals surface area contributed by atoms with Crippen LogP contribution in [0, 0.1) is 0 Å². The lowest BCUT2D eigenvalue weighted by Crippen LogP contribution is -3.00. The molecule has 3 aromatic rings. The minimum absolute atomic E-state index is 0. The van der Waals surface area contributed by atoms with Crippen LogP contribution in [0.1, 0.15) is 5.01 Å². The highest BCUT2D eigenvalue weighted by Crippen LogP contribution is 2.23. The number of hydrogen-bond acceptors (Lipinski definition) is 3. The summed E-state index contributed by atoms with van der Waals surface area (Å²) in [5.74, 6) is 0. The van der Waals surface area contributed by atoms with Gasteiger partial charge in [0, 0.05) is 36.8 Å². The summed E-state index contributed by atoms with van der Waals surface area (Å²) in [4.78, 5) is 2.11. The van der Waals surface area contributed by atoms with Crippen LogP contribution in [0.15, 0.2) is 54.7 Å². The fourth-order valence-electron chi connectivity index (χ4n) is 2.26. The van der Waals surface area contributed by atoms with Crippen LogP contribution in [0.5, 0.6) is 0 Å². The summed E-state index contributed by atoms with van der Waals surface area (Å²) in [7, 11) is 4.13. The molecule has 3 nitrogen and oxygen atoms in total. The molecule has 1 aromatic heterocycles. The van der Waals surface area contributed by atoms with Crippen LogP contribution in [0.4, 0.5) is 11.4 Å². The van der Waals surface area contributed by atoms with Crippen LogP contribution in [-0.2, 0) is 7.05 Å². The third kappa shape index (κ3) is 3.31. The normalized spacial score (nSPS) is 10.8. The van der Waals surface area contributed by atoms with Crippen molar-refractivity contribution in [3.8, 4) is 0 Å². The Morgan fingerprint density at radius 1 is 1.14 bits per heavy atom. The largest absolute Gasteiger partial charge is 1.00 e. The molecule has 0 radical (unpaired) electrons. The third-order valence-electron chi connectivity index (χ3n) is 3.49. The Bertz CT molecular complexity index is 796. The predicted octanol–water partition coefficient (Wildman–Crippen LogP) is 0.419. The van der Waals surface area contributed by atoms with E-state index in [1.54, 1.807) is 11.3 Å². The molecule has 0 aliphatic carbocycles. The Kier molecular flexibility index (Phi) is 5.21. The van der Waals surface area contributed by atoms with Crippen LogP contribution < -0.4 is 32.2 Å². The second-order valence-electron chi connectivity index (χ2n) is 4.99. The average Bonchev–Trinajstić information content (AvgIpc) is 2.81. The van der Waals surface area contributed by atoms with Gasteiger partial charge in [-0.15, -0.1) is 0 Å². The maximum Gasteiger partial charge on any atom is 0.263 e. The molecule has 0 saturated heterocycles. The van der Waals surface area contributed by atoms with E-state index in [2.05, 4.69) is 54.0 Å². The van der Waals surface area contributed by atoms with E-state index in [-0.39, 0.29) is 17.0 Å². The number of benzene rings is 2. The first-order valence-corrected chi connectivity index (χ1v) is 7.61. The van der Waals surface area contributed by atoms with Crippen molar-refractivity contribution in [3.05, 3.63) is 59.7 Å². The molecule has 1 heterocycles. The van der Waals surface area contributed by atoms with Crippen molar-refractivity contribution in [3.63, 3.8) is 0 Å². The number of para-hydroxylation sites is 1. The molecule has 0 amide bonds. The zero-order valence-electron chi connectivity index (χ0n) is 12.5. The van der Waals surface area contributed by atoms with Gasteiger partial charge in [0.2, 0.25) is 5.52 Å². The molecule has 5 heteroatoms. The summed E-state index contributed by atoms with van der Waals surface area (Å²) >= 11 is 1.74. The quantitative estimate of drug-likeness (QED) is 0.531. The molecule has 114 valence electrons. The predicted molar refractivity (Wildman–Crippen MR) is 91.3 cm³/mol. The number of halogens is 1. The van der Waals surface area contributed by atoms with E-state index in [9.17, 15) is 0 Å². The van der Waals surface area contributed by atoms with Crippen molar-refractivity contribution >= 4 is 39.0 Å². The zero-order chi connectivity index (χ0) is 14.8.